The number of benzene rings is 2. The smallest absolute Gasteiger partial charge is 0.270 e. The van der Waals surface area contributed by atoms with Crippen LogP contribution in [0.4, 0.5) is 10.8 Å². The Morgan fingerprint density at radius 3 is 2.73 bits per heavy atom. The van der Waals surface area contributed by atoms with E-state index in [1.165, 1.54) is 35.6 Å². The number of non-ortho nitro benzene ring substituents is 1. The number of thiazole rings is 1. The van der Waals surface area contributed by atoms with Crippen molar-refractivity contribution in [1.82, 2.24) is 4.98 Å². The van der Waals surface area contributed by atoms with Gasteiger partial charge in [0.15, 0.2) is 5.13 Å². The molecule has 6 nitrogen and oxygen atoms in total. The predicted octanol–water partition coefficient (Wildman–Crippen LogP) is 5.02. The molecule has 0 saturated heterocycles. The highest BCUT2D eigenvalue weighted by molar-refractivity contribution is 7.14. The van der Waals surface area contributed by atoms with Gasteiger partial charge in [-0.2, -0.15) is 0 Å². The van der Waals surface area contributed by atoms with Crippen LogP contribution in [0.2, 0.25) is 5.02 Å². The minimum absolute atomic E-state index is 0.0277. The molecule has 0 aliphatic rings. The number of carbonyl (C=O) groups is 1. The third-order valence-electron chi connectivity index (χ3n) is 3.38. The van der Waals surface area contributed by atoms with Crippen LogP contribution >= 0.6 is 22.9 Å². The number of amides is 1. The molecule has 0 bridgehead atoms. The fourth-order valence-electron chi connectivity index (χ4n) is 2.15. The van der Waals surface area contributed by atoms with Crippen LogP contribution in [0.1, 0.15) is 5.56 Å². The van der Waals surface area contributed by atoms with Crippen molar-refractivity contribution in [1.29, 1.82) is 0 Å². The number of nitro groups is 1. The van der Waals surface area contributed by atoms with Crippen molar-refractivity contribution in [3.8, 4) is 11.3 Å². The van der Waals surface area contributed by atoms with Crippen LogP contribution in [0.25, 0.3) is 17.3 Å². The van der Waals surface area contributed by atoms with Crippen LogP contribution in [0.15, 0.2) is 60.0 Å². The fourth-order valence-corrected chi connectivity index (χ4v) is 2.99. The number of nitrogens with zero attached hydrogens (tertiary/aromatic N) is 2. The van der Waals surface area contributed by atoms with E-state index in [-0.39, 0.29) is 11.6 Å². The molecule has 0 aliphatic heterocycles. The largest absolute Gasteiger partial charge is 0.298 e. The Morgan fingerprint density at radius 2 is 2.00 bits per heavy atom. The SMILES string of the molecule is O=C(/C=C/c1cccc([N+](=O)[O-])c1)Nc1nc(-c2ccc(Cl)cc2)cs1. The molecule has 1 N–H and O–H groups in total. The molecule has 130 valence electrons. The predicted molar refractivity (Wildman–Crippen MR) is 103 cm³/mol. The van der Waals surface area contributed by atoms with Crippen LogP contribution < -0.4 is 5.32 Å². The zero-order valence-electron chi connectivity index (χ0n) is 13.3. The topological polar surface area (TPSA) is 85.1 Å². The number of nitro benzene ring substituents is 1. The Bertz CT molecular complexity index is 983. The number of hydrogen-bond donors (Lipinski definition) is 1. The van der Waals surface area contributed by atoms with Gasteiger partial charge >= 0.3 is 0 Å². The molecular formula is C18H12ClN3O3S. The van der Waals surface area contributed by atoms with Crippen molar-refractivity contribution < 1.29 is 9.72 Å². The first-order valence-electron chi connectivity index (χ1n) is 7.46. The molecule has 0 atom stereocenters. The summed E-state index contributed by atoms with van der Waals surface area (Å²) in [7, 11) is 0. The second kappa shape index (κ2) is 7.90. The first kappa shape index (κ1) is 17.8. The lowest BCUT2D eigenvalue weighted by Crippen LogP contribution is -2.07. The van der Waals surface area contributed by atoms with Gasteiger partial charge in [0.2, 0.25) is 5.91 Å². The maximum Gasteiger partial charge on any atom is 0.270 e. The van der Waals surface area contributed by atoms with Gasteiger partial charge in [0.05, 0.1) is 10.6 Å². The zero-order valence-corrected chi connectivity index (χ0v) is 14.8. The second-order valence-corrected chi connectivity index (χ2v) is 6.51. The lowest BCUT2D eigenvalue weighted by atomic mass is 10.2. The van der Waals surface area contributed by atoms with Gasteiger partial charge in [-0.3, -0.25) is 20.2 Å². The van der Waals surface area contributed by atoms with E-state index in [1.54, 1.807) is 24.3 Å². The zero-order chi connectivity index (χ0) is 18.5. The number of rotatable bonds is 5. The average Bonchev–Trinajstić information content (AvgIpc) is 3.09. The maximum atomic E-state index is 12.0. The molecule has 0 saturated carbocycles. The van der Waals surface area contributed by atoms with Crippen LogP contribution in [0.5, 0.6) is 0 Å². The van der Waals surface area contributed by atoms with Gasteiger partial charge in [0, 0.05) is 34.2 Å². The molecule has 8 heteroatoms. The van der Waals surface area contributed by atoms with Gasteiger partial charge in [-0.05, 0) is 23.8 Å². The van der Waals surface area contributed by atoms with Crippen molar-refractivity contribution >= 4 is 45.7 Å². The third kappa shape index (κ3) is 4.53. The molecule has 26 heavy (non-hydrogen) atoms. The van der Waals surface area contributed by atoms with Crippen molar-refractivity contribution in [2.24, 2.45) is 0 Å². The molecular weight excluding hydrogens is 374 g/mol. The van der Waals surface area contributed by atoms with Crippen molar-refractivity contribution in [3.63, 3.8) is 0 Å². The van der Waals surface area contributed by atoms with E-state index in [0.717, 1.165) is 11.3 Å². The van der Waals surface area contributed by atoms with Gasteiger partial charge in [0.25, 0.3) is 5.69 Å². The molecule has 0 fully saturated rings. The molecule has 0 radical (unpaired) electrons. The number of hydrogen-bond acceptors (Lipinski definition) is 5. The lowest BCUT2D eigenvalue weighted by molar-refractivity contribution is -0.384. The highest BCUT2D eigenvalue weighted by atomic mass is 35.5. The number of nitrogens with one attached hydrogen (secondary N) is 1. The van der Waals surface area contributed by atoms with Gasteiger partial charge in [0.1, 0.15) is 0 Å². The van der Waals surface area contributed by atoms with E-state index in [0.29, 0.717) is 15.7 Å². The Morgan fingerprint density at radius 1 is 1.23 bits per heavy atom. The first-order chi connectivity index (χ1) is 12.5. The first-order valence-corrected chi connectivity index (χ1v) is 8.72. The highest BCUT2D eigenvalue weighted by Crippen LogP contribution is 2.26. The Balaban J connectivity index is 1.66. The third-order valence-corrected chi connectivity index (χ3v) is 4.39. The van der Waals surface area contributed by atoms with Crippen LogP contribution in [0.3, 0.4) is 0 Å². The van der Waals surface area contributed by atoms with E-state index >= 15 is 0 Å². The minimum atomic E-state index is -0.481. The van der Waals surface area contributed by atoms with Crippen molar-refractivity contribution in [2.45, 2.75) is 0 Å². The normalized spacial score (nSPS) is 10.8. The Kier molecular flexibility index (Phi) is 5.40. The number of aromatic nitrogens is 1. The average molecular weight is 386 g/mol. The Hall–Kier alpha value is -3.03. The maximum absolute atomic E-state index is 12.0. The number of carbonyl (C=O) groups excluding carboxylic acids is 1. The highest BCUT2D eigenvalue weighted by Gasteiger charge is 2.07. The van der Waals surface area contributed by atoms with Crippen LogP contribution in [-0.4, -0.2) is 15.8 Å². The van der Waals surface area contributed by atoms with Crippen molar-refractivity contribution in [2.75, 3.05) is 5.32 Å². The van der Waals surface area contributed by atoms with E-state index in [9.17, 15) is 14.9 Å². The fraction of sp³-hybridized carbons (Fsp3) is 0. The summed E-state index contributed by atoms with van der Waals surface area (Å²) in [4.78, 5) is 26.7. The quantitative estimate of drug-likeness (QED) is 0.379. The van der Waals surface area contributed by atoms with Gasteiger partial charge < -0.3 is 0 Å². The molecule has 1 amide bonds. The molecule has 0 aliphatic carbocycles. The van der Waals surface area contributed by atoms with E-state index in [2.05, 4.69) is 10.3 Å². The molecule has 3 aromatic rings. The van der Waals surface area contributed by atoms with Gasteiger partial charge in [-0.15, -0.1) is 11.3 Å². The van der Waals surface area contributed by atoms with Crippen LogP contribution in [-0.2, 0) is 4.79 Å². The molecule has 3 rings (SSSR count). The summed E-state index contributed by atoms with van der Waals surface area (Å²) in [6.07, 6.45) is 2.82. The molecule has 2 aromatic carbocycles. The monoisotopic (exact) mass is 385 g/mol. The summed E-state index contributed by atoms with van der Waals surface area (Å²) >= 11 is 7.17. The number of halogens is 1. The summed E-state index contributed by atoms with van der Waals surface area (Å²) < 4.78 is 0. The lowest BCUT2D eigenvalue weighted by Gasteiger charge is -1.98. The minimum Gasteiger partial charge on any atom is -0.298 e. The molecule has 1 heterocycles. The summed E-state index contributed by atoms with van der Waals surface area (Å²) in [5, 5.41) is 16.4. The summed E-state index contributed by atoms with van der Waals surface area (Å²) in [5.74, 6) is -0.367. The summed E-state index contributed by atoms with van der Waals surface area (Å²) in [6.45, 7) is 0. The van der Waals surface area contributed by atoms with Gasteiger partial charge in [-0.25, -0.2) is 4.98 Å². The number of anilines is 1. The van der Waals surface area contributed by atoms with E-state index in [4.69, 9.17) is 11.6 Å². The summed E-state index contributed by atoms with van der Waals surface area (Å²) in [5.41, 5.74) is 2.18. The van der Waals surface area contributed by atoms with E-state index in [1.807, 2.05) is 17.5 Å². The Labute approximate surface area is 157 Å². The molecule has 1 aromatic heterocycles. The summed E-state index contributed by atoms with van der Waals surface area (Å²) in [6, 6.07) is 13.3. The van der Waals surface area contributed by atoms with E-state index < -0.39 is 4.92 Å². The van der Waals surface area contributed by atoms with Crippen molar-refractivity contribution in [3.05, 3.63) is 80.7 Å². The van der Waals surface area contributed by atoms with Gasteiger partial charge in [-0.1, -0.05) is 35.9 Å². The van der Waals surface area contributed by atoms with Crippen LogP contribution in [0, 0.1) is 10.1 Å². The molecule has 0 spiro atoms. The molecule has 0 unspecified atom stereocenters. The standard InChI is InChI=1S/C18H12ClN3O3S/c19-14-7-5-13(6-8-14)16-11-26-18(20-16)21-17(23)9-4-12-2-1-3-15(10-12)22(24)25/h1-11H,(H,20,21,23)/b9-4+. The second-order valence-electron chi connectivity index (χ2n) is 5.22.